The highest BCUT2D eigenvalue weighted by Crippen LogP contribution is 2.30. The molecule has 7 heteroatoms. The topological polar surface area (TPSA) is 71.5 Å². The second kappa shape index (κ2) is 6.77. The van der Waals surface area contributed by atoms with Gasteiger partial charge in [-0.2, -0.15) is 4.31 Å². The minimum atomic E-state index is -3.75. The van der Waals surface area contributed by atoms with E-state index in [9.17, 15) is 16.8 Å². The van der Waals surface area contributed by atoms with Crippen molar-refractivity contribution in [3.63, 3.8) is 0 Å². The predicted octanol–water partition coefficient (Wildman–Crippen LogP) is 2.59. The van der Waals surface area contributed by atoms with Crippen molar-refractivity contribution in [2.75, 3.05) is 11.5 Å². The Morgan fingerprint density at radius 3 is 2.25 bits per heavy atom. The van der Waals surface area contributed by atoms with E-state index in [2.05, 4.69) is 0 Å². The average Bonchev–Trinajstić information content (AvgIpc) is 2.82. The molecule has 1 heterocycles. The van der Waals surface area contributed by atoms with Gasteiger partial charge in [0.15, 0.2) is 9.84 Å². The molecule has 2 rings (SSSR count). The Hall–Kier alpha value is -0.920. The average molecular weight is 374 g/mol. The van der Waals surface area contributed by atoms with Crippen molar-refractivity contribution >= 4 is 19.9 Å². The maximum Gasteiger partial charge on any atom is 0.243 e. The lowest BCUT2D eigenvalue weighted by atomic mass is 10.1. The Labute approximate surface area is 146 Å². The monoisotopic (exact) mass is 373 g/mol. The van der Waals surface area contributed by atoms with Gasteiger partial charge in [0.05, 0.1) is 16.4 Å². The molecular formula is C17H27NO4S2. The lowest BCUT2D eigenvalue weighted by molar-refractivity contribution is 0.271. The summed E-state index contributed by atoms with van der Waals surface area (Å²) in [6.07, 6.45) is 1.01. The molecule has 136 valence electrons. The van der Waals surface area contributed by atoms with Crippen LogP contribution in [0.4, 0.5) is 0 Å². The molecule has 0 saturated carbocycles. The third kappa shape index (κ3) is 3.68. The first-order chi connectivity index (χ1) is 11.0. The summed E-state index contributed by atoms with van der Waals surface area (Å²) in [5.74, 6) is -0.0213. The van der Waals surface area contributed by atoms with Gasteiger partial charge in [-0.25, -0.2) is 16.8 Å². The summed E-state index contributed by atoms with van der Waals surface area (Å²) in [5.41, 5.74) is 2.67. The van der Waals surface area contributed by atoms with Crippen LogP contribution in [-0.2, 0) is 19.9 Å². The summed E-state index contributed by atoms with van der Waals surface area (Å²) in [7, 11) is -6.90. The van der Waals surface area contributed by atoms with Gasteiger partial charge in [0.1, 0.15) is 0 Å². The summed E-state index contributed by atoms with van der Waals surface area (Å²) in [4.78, 5) is 0.287. The summed E-state index contributed by atoms with van der Waals surface area (Å²) in [5, 5.41) is 0. The molecule has 0 aliphatic carbocycles. The lowest BCUT2D eigenvalue weighted by Crippen LogP contribution is -2.46. The van der Waals surface area contributed by atoms with Gasteiger partial charge in [-0.05, 0) is 63.3 Å². The molecule has 0 spiro atoms. The first kappa shape index (κ1) is 19.4. The highest BCUT2D eigenvalue weighted by atomic mass is 32.2. The number of hydrogen-bond acceptors (Lipinski definition) is 4. The molecule has 0 aromatic heterocycles. The van der Waals surface area contributed by atoms with Crippen LogP contribution < -0.4 is 0 Å². The Kier molecular flexibility index (Phi) is 5.47. The van der Waals surface area contributed by atoms with Crippen molar-refractivity contribution in [2.45, 2.75) is 64.4 Å². The Balaban J connectivity index is 2.55. The van der Waals surface area contributed by atoms with Crippen LogP contribution in [0, 0.1) is 20.8 Å². The van der Waals surface area contributed by atoms with Gasteiger partial charge in [-0.15, -0.1) is 0 Å². The zero-order valence-electron chi connectivity index (χ0n) is 15.0. The number of rotatable bonds is 5. The van der Waals surface area contributed by atoms with Crippen LogP contribution in [0.15, 0.2) is 17.0 Å². The lowest BCUT2D eigenvalue weighted by Gasteiger charge is -2.33. The van der Waals surface area contributed by atoms with E-state index in [4.69, 9.17) is 0 Å². The summed E-state index contributed by atoms with van der Waals surface area (Å²) in [6, 6.07) is 2.87. The summed E-state index contributed by atoms with van der Waals surface area (Å²) in [6.45, 7) is 9.40. The van der Waals surface area contributed by atoms with Crippen LogP contribution in [0.25, 0.3) is 0 Å². The minimum absolute atomic E-state index is 0.0615. The van der Waals surface area contributed by atoms with Gasteiger partial charge in [0, 0.05) is 12.1 Å². The second-order valence-corrected chi connectivity index (χ2v) is 10.9. The Morgan fingerprint density at radius 2 is 1.75 bits per heavy atom. The van der Waals surface area contributed by atoms with E-state index in [0.717, 1.165) is 11.1 Å². The first-order valence-electron chi connectivity index (χ1n) is 8.31. The Morgan fingerprint density at radius 1 is 1.17 bits per heavy atom. The second-order valence-electron chi connectivity index (χ2n) is 6.85. The fraction of sp³-hybridized carbons (Fsp3) is 0.647. The summed E-state index contributed by atoms with van der Waals surface area (Å²) >= 11 is 0. The normalized spacial score (nSPS) is 22.0. The predicted molar refractivity (Wildman–Crippen MR) is 96.5 cm³/mol. The fourth-order valence-corrected chi connectivity index (χ4v) is 7.29. The molecule has 2 atom stereocenters. The zero-order valence-corrected chi connectivity index (χ0v) is 16.7. The molecule has 1 aromatic rings. The van der Waals surface area contributed by atoms with Crippen LogP contribution >= 0.6 is 0 Å². The minimum Gasteiger partial charge on any atom is -0.229 e. The third-order valence-corrected chi connectivity index (χ3v) is 8.90. The van der Waals surface area contributed by atoms with E-state index in [-0.39, 0.29) is 22.4 Å². The van der Waals surface area contributed by atoms with Crippen molar-refractivity contribution in [3.8, 4) is 0 Å². The highest BCUT2D eigenvalue weighted by Gasteiger charge is 2.41. The van der Waals surface area contributed by atoms with Crippen LogP contribution in [0.3, 0.4) is 0 Å². The van der Waals surface area contributed by atoms with Crippen LogP contribution in [-0.4, -0.2) is 44.7 Å². The molecular weight excluding hydrogens is 346 g/mol. The Bertz CT molecular complexity index is 828. The highest BCUT2D eigenvalue weighted by molar-refractivity contribution is 7.92. The molecule has 1 saturated heterocycles. The summed E-state index contributed by atoms with van der Waals surface area (Å²) < 4.78 is 51.9. The van der Waals surface area contributed by atoms with Crippen molar-refractivity contribution in [3.05, 3.63) is 28.8 Å². The molecule has 1 aliphatic rings. The quantitative estimate of drug-likeness (QED) is 0.795. The van der Waals surface area contributed by atoms with Crippen molar-refractivity contribution in [1.82, 2.24) is 4.31 Å². The van der Waals surface area contributed by atoms with E-state index in [1.165, 1.54) is 4.31 Å². The maximum absolute atomic E-state index is 13.3. The molecule has 0 bridgehead atoms. The standard InChI is InChI=1S/C17H27NO4S2/c1-6-15(5)18(16-7-8-23(19,20)11-16)24(21,22)17-10-13(3)12(2)9-14(17)4/h9-10,15-16H,6-8,11H2,1-5H3/t15-,16+/m0/s1. The zero-order chi connectivity index (χ0) is 18.3. The van der Waals surface area contributed by atoms with Crippen molar-refractivity contribution in [2.24, 2.45) is 0 Å². The maximum atomic E-state index is 13.3. The molecule has 24 heavy (non-hydrogen) atoms. The molecule has 0 amide bonds. The van der Waals surface area contributed by atoms with Crippen LogP contribution in [0.2, 0.25) is 0 Å². The SMILES string of the molecule is CC[C@H](C)N([C@@H]1CCS(=O)(=O)C1)S(=O)(=O)c1cc(C)c(C)cc1C. The van der Waals surface area contributed by atoms with E-state index in [1.807, 2.05) is 33.8 Å². The molecule has 1 aromatic carbocycles. The van der Waals surface area contributed by atoms with E-state index in [1.54, 1.807) is 13.0 Å². The van der Waals surface area contributed by atoms with Crippen molar-refractivity contribution in [1.29, 1.82) is 0 Å². The van der Waals surface area contributed by atoms with Crippen LogP contribution in [0.5, 0.6) is 0 Å². The number of aryl methyl sites for hydroxylation is 3. The molecule has 0 N–H and O–H groups in total. The number of sulfonamides is 1. The molecule has 1 aliphatic heterocycles. The third-order valence-electron chi connectivity index (χ3n) is 4.94. The number of hydrogen-bond donors (Lipinski definition) is 0. The number of sulfone groups is 1. The molecule has 0 radical (unpaired) electrons. The van der Waals surface area contributed by atoms with Gasteiger partial charge in [-0.3, -0.25) is 0 Å². The number of nitrogens with zero attached hydrogens (tertiary/aromatic N) is 1. The number of benzene rings is 1. The van der Waals surface area contributed by atoms with E-state index in [0.29, 0.717) is 18.4 Å². The van der Waals surface area contributed by atoms with Crippen molar-refractivity contribution < 1.29 is 16.8 Å². The van der Waals surface area contributed by atoms with E-state index >= 15 is 0 Å². The van der Waals surface area contributed by atoms with Gasteiger partial charge < -0.3 is 0 Å². The first-order valence-corrected chi connectivity index (χ1v) is 11.6. The fourth-order valence-electron chi connectivity index (χ4n) is 3.27. The smallest absolute Gasteiger partial charge is 0.229 e. The van der Waals surface area contributed by atoms with Gasteiger partial charge >= 0.3 is 0 Å². The van der Waals surface area contributed by atoms with Crippen LogP contribution in [0.1, 0.15) is 43.4 Å². The van der Waals surface area contributed by atoms with Gasteiger partial charge in [0.25, 0.3) is 0 Å². The molecule has 5 nitrogen and oxygen atoms in total. The van der Waals surface area contributed by atoms with Gasteiger partial charge in [-0.1, -0.05) is 13.0 Å². The largest absolute Gasteiger partial charge is 0.243 e. The van der Waals surface area contributed by atoms with E-state index < -0.39 is 25.9 Å². The molecule has 0 unspecified atom stereocenters. The molecule has 1 fully saturated rings. The van der Waals surface area contributed by atoms with Gasteiger partial charge in [0.2, 0.25) is 10.0 Å².